The summed E-state index contributed by atoms with van der Waals surface area (Å²) in [6.07, 6.45) is 0. The highest BCUT2D eigenvalue weighted by Crippen LogP contribution is 2.24. The summed E-state index contributed by atoms with van der Waals surface area (Å²) in [5.74, 6) is 0.218. The van der Waals surface area contributed by atoms with Gasteiger partial charge in [0.15, 0.2) is 5.76 Å². The third-order valence-corrected chi connectivity index (χ3v) is 4.32. The third-order valence-electron chi connectivity index (χ3n) is 4.09. The predicted octanol–water partition coefficient (Wildman–Crippen LogP) is 1.98. The summed E-state index contributed by atoms with van der Waals surface area (Å²) in [5.41, 5.74) is 0.651. The van der Waals surface area contributed by atoms with Crippen LogP contribution in [0, 0.1) is 0 Å². The summed E-state index contributed by atoms with van der Waals surface area (Å²) in [6, 6.07) is 7.01. The van der Waals surface area contributed by atoms with Crippen LogP contribution < -0.4 is 5.32 Å². The lowest BCUT2D eigenvalue weighted by Gasteiger charge is -2.33. The van der Waals surface area contributed by atoms with E-state index in [0.717, 1.165) is 5.39 Å². The number of furan rings is 1. The van der Waals surface area contributed by atoms with Gasteiger partial charge in [-0.15, -0.1) is 0 Å². The Morgan fingerprint density at radius 3 is 2.67 bits per heavy atom. The molecule has 0 radical (unpaired) electrons. The number of benzene rings is 1. The van der Waals surface area contributed by atoms with E-state index < -0.39 is 0 Å². The maximum atomic E-state index is 12.6. The molecule has 1 saturated heterocycles. The van der Waals surface area contributed by atoms with Crippen LogP contribution in [0.25, 0.3) is 11.0 Å². The summed E-state index contributed by atoms with van der Waals surface area (Å²) in [7, 11) is 0. The largest absolute Gasteiger partial charge is 0.451 e. The molecule has 2 aromatic rings. The summed E-state index contributed by atoms with van der Waals surface area (Å²) >= 11 is 5.96. The minimum absolute atomic E-state index is 0.0199. The molecule has 0 unspecified atom stereocenters. The molecular formula is C17H20ClN3O3. The highest BCUT2D eigenvalue weighted by molar-refractivity contribution is 6.31. The first-order chi connectivity index (χ1) is 11.6. The van der Waals surface area contributed by atoms with Gasteiger partial charge in [0.1, 0.15) is 5.58 Å². The molecular weight excluding hydrogens is 330 g/mol. The van der Waals surface area contributed by atoms with Gasteiger partial charge in [0.25, 0.3) is 5.91 Å². The Bertz CT molecular complexity index is 751. The molecule has 1 aliphatic heterocycles. The molecule has 2 heterocycles. The summed E-state index contributed by atoms with van der Waals surface area (Å²) in [6.45, 7) is 5.41. The van der Waals surface area contributed by atoms with Crippen LogP contribution in [0.4, 0.5) is 0 Å². The molecule has 24 heavy (non-hydrogen) atoms. The number of hydrogen-bond acceptors (Lipinski definition) is 4. The molecule has 0 aliphatic carbocycles. The van der Waals surface area contributed by atoms with Crippen LogP contribution >= 0.6 is 11.6 Å². The van der Waals surface area contributed by atoms with Crippen LogP contribution in [0.2, 0.25) is 5.02 Å². The number of hydrogen-bond donors (Lipinski definition) is 1. The molecule has 6 nitrogen and oxygen atoms in total. The first kappa shape index (κ1) is 16.8. The first-order valence-corrected chi connectivity index (χ1v) is 8.42. The number of carbonyl (C=O) groups excluding carboxylic acids is 2. The lowest BCUT2D eigenvalue weighted by molar-refractivity contribution is -0.122. The van der Waals surface area contributed by atoms with Crippen molar-refractivity contribution in [3.63, 3.8) is 0 Å². The van der Waals surface area contributed by atoms with Gasteiger partial charge >= 0.3 is 0 Å². The smallest absolute Gasteiger partial charge is 0.289 e. The van der Waals surface area contributed by atoms with Crippen LogP contribution in [0.3, 0.4) is 0 Å². The Kier molecular flexibility index (Phi) is 5.06. The Morgan fingerprint density at radius 1 is 1.21 bits per heavy atom. The third kappa shape index (κ3) is 3.71. The fourth-order valence-electron chi connectivity index (χ4n) is 2.84. The number of nitrogens with one attached hydrogen (secondary N) is 1. The van der Waals surface area contributed by atoms with Gasteiger partial charge in [0, 0.05) is 43.1 Å². The van der Waals surface area contributed by atoms with Crippen molar-refractivity contribution in [2.75, 3.05) is 39.3 Å². The number of fused-ring (bicyclic) bond motifs is 1. The zero-order chi connectivity index (χ0) is 17.1. The van der Waals surface area contributed by atoms with Crippen molar-refractivity contribution in [1.82, 2.24) is 15.1 Å². The van der Waals surface area contributed by atoms with Crippen LogP contribution in [0.15, 0.2) is 28.7 Å². The maximum Gasteiger partial charge on any atom is 0.289 e. The van der Waals surface area contributed by atoms with Crippen LogP contribution in [0.5, 0.6) is 0 Å². The number of piperazine rings is 1. The minimum atomic E-state index is -0.125. The number of halogens is 1. The van der Waals surface area contributed by atoms with Crippen molar-refractivity contribution in [2.24, 2.45) is 0 Å². The number of nitrogens with zero attached hydrogens (tertiary/aromatic N) is 2. The van der Waals surface area contributed by atoms with E-state index in [1.165, 1.54) is 0 Å². The van der Waals surface area contributed by atoms with E-state index >= 15 is 0 Å². The first-order valence-electron chi connectivity index (χ1n) is 8.04. The molecule has 0 saturated carbocycles. The average molecular weight is 350 g/mol. The fourth-order valence-corrected chi connectivity index (χ4v) is 3.02. The molecule has 1 fully saturated rings. The van der Waals surface area contributed by atoms with Crippen molar-refractivity contribution in [2.45, 2.75) is 6.92 Å². The monoisotopic (exact) mass is 349 g/mol. The topological polar surface area (TPSA) is 65.8 Å². The number of rotatable bonds is 4. The zero-order valence-corrected chi connectivity index (χ0v) is 14.3. The summed E-state index contributed by atoms with van der Waals surface area (Å²) in [4.78, 5) is 28.0. The summed E-state index contributed by atoms with van der Waals surface area (Å²) < 4.78 is 5.63. The SMILES string of the molecule is CCNC(=O)CN1CCN(C(=O)c2cc3cc(Cl)ccc3o2)CC1. The standard InChI is InChI=1S/C17H20ClN3O3/c1-2-19-16(22)11-20-5-7-21(8-6-20)17(23)15-10-12-9-13(18)3-4-14(12)24-15/h3-4,9-10H,2,5-8,11H2,1H3,(H,19,22). The van der Waals surface area contributed by atoms with Gasteiger partial charge in [0.2, 0.25) is 5.91 Å². The quantitative estimate of drug-likeness (QED) is 0.916. The normalized spacial score (nSPS) is 15.7. The minimum Gasteiger partial charge on any atom is -0.451 e. The van der Waals surface area contributed by atoms with E-state index in [1.807, 2.05) is 11.8 Å². The molecule has 0 spiro atoms. The van der Waals surface area contributed by atoms with Crippen molar-refractivity contribution >= 4 is 34.4 Å². The second kappa shape index (κ2) is 7.23. The molecule has 1 aliphatic rings. The number of likely N-dealkylation sites (N-methyl/N-ethyl adjacent to an activating group) is 1. The van der Waals surface area contributed by atoms with E-state index in [1.54, 1.807) is 29.2 Å². The van der Waals surface area contributed by atoms with Gasteiger partial charge in [-0.05, 0) is 31.2 Å². The van der Waals surface area contributed by atoms with E-state index in [4.69, 9.17) is 16.0 Å². The van der Waals surface area contributed by atoms with Gasteiger partial charge in [-0.1, -0.05) is 11.6 Å². The van der Waals surface area contributed by atoms with E-state index in [9.17, 15) is 9.59 Å². The van der Waals surface area contributed by atoms with Gasteiger partial charge in [-0.2, -0.15) is 0 Å². The van der Waals surface area contributed by atoms with Gasteiger partial charge in [0.05, 0.1) is 6.54 Å². The molecule has 1 aromatic carbocycles. The Hall–Kier alpha value is -2.05. The van der Waals surface area contributed by atoms with E-state index in [-0.39, 0.29) is 11.8 Å². The van der Waals surface area contributed by atoms with Crippen molar-refractivity contribution in [3.8, 4) is 0 Å². The average Bonchev–Trinajstić information content (AvgIpc) is 2.98. The van der Waals surface area contributed by atoms with Crippen LogP contribution in [-0.2, 0) is 4.79 Å². The van der Waals surface area contributed by atoms with E-state index in [2.05, 4.69) is 5.32 Å². The molecule has 7 heteroatoms. The Morgan fingerprint density at radius 2 is 1.96 bits per heavy atom. The molecule has 1 N–H and O–H groups in total. The van der Waals surface area contributed by atoms with Crippen LogP contribution in [-0.4, -0.2) is 60.9 Å². The molecule has 0 atom stereocenters. The Balaban J connectivity index is 1.61. The molecule has 2 amide bonds. The summed E-state index contributed by atoms with van der Waals surface area (Å²) in [5, 5.41) is 4.22. The Labute approximate surface area is 145 Å². The molecule has 0 bridgehead atoms. The van der Waals surface area contributed by atoms with Crippen molar-refractivity contribution in [3.05, 3.63) is 35.0 Å². The second-order valence-corrected chi connectivity index (χ2v) is 6.25. The maximum absolute atomic E-state index is 12.6. The lowest BCUT2D eigenvalue weighted by atomic mass is 10.2. The number of amides is 2. The highest BCUT2D eigenvalue weighted by Gasteiger charge is 2.25. The van der Waals surface area contributed by atoms with Gasteiger partial charge < -0.3 is 14.6 Å². The lowest BCUT2D eigenvalue weighted by Crippen LogP contribution is -2.51. The van der Waals surface area contributed by atoms with Gasteiger partial charge in [-0.25, -0.2) is 0 Å². The number of carbonyl (C=O) groups is 2. The second-order valence-electron chi connectivity index (χ2n) is 5.81. The van der Waals surface area contributed by atoms with Crippen LogP contribution in [0.1, 0.15) is 17.5 Å². The van der Waals surface area contributed by atoms with Gasteiger partial charge in [-0.3, -0.25) is 14.5 Å². The highest BCUT2D eigenvalue weighted by atomic mass is 35.5. The fraction of sp³-hybridized carbons (Fsp3) is 0.412. The predicted molar refractivity (Wildman–Crippen MR) is 92.3 cm³/mol. The van der Waals surface area contributed by atoms with Crippen molar-refractivity contribution < 1.29 is 14.0 Å². The molecule has 128 valence electrons. The zero-order valence-electron chi connectivity index (χ0n) is 13.5. The molecule has 1 aromatic heterocycles. The van der Waals surface area contributed by atoms with Crippen molar-refractivity contribution in [1.29, 1.82) is 0 Å². The molecule has 3 rings (SSSR count). The van der Waals surface area contributed by atoms with E-state index in [0.29, 0.717) is 55.6 Å².